The first kappa shape index (κ1) is 14.2. The van der Waals surface area contributed by atoms with E-state index in [0.717, 1.165) is 5.69 Å². The summed E-state index contributed by atoms with van der Waals surface area (Å²) in [5.74, 6) is 0. The molecule has 98 valence electrons. The average molecular weight is 259 g/mol. The zero-order valence-corrected chi connectivity index (χ0v) is 11.7. The Kier molecular flexibility index (Phi) is 4.73. The summed E-state index contributed by atoms with van der Waals surface area (Å²) < 4.78 is 27.8. The van der Waals surface area contributed by atoms with Crippen molar-refractivity contribution in [2.75, 3.05) is 20.1 Å². The second-order valence-electron chi connectivity index (χ2n) is 3.90. The smallest absolute Gasteiger partial charge is 0.244 e. The molecule has 1 heterocycles. The first-order chi connectivity index (χ1) is 7.97. The SMILES string of the molecule is CCN(CC)S(=O)(=O)c1cc(CNC)n(C)c1. The number of nitrogens with one attached hydrogen (secondary N) is 1. The van der Waals surface area contributed by atoms with Crippen LogP contribution in [-0.4, -0.2) is 37.4 Å². The Morgan fingerprint density at radius 3 is 2.41 bits per heavy atom. The fraction of sp³-hybridized carbons (Fsp3) is 0.636. The van der Waals surface area contributed by atoms with Gasteiger partial charge in [0.25, 0.3) is 0 Å². The van der Waals surface area contributed by atoms with Crippen LogP contribution in [0.5, 0.6) is 0 Å². The van der Waals surface area contributed by atoms with Crippen LogP contribution in [0.2, 0.25) is 0 Å². The molecular formula is C11H21N3O2S. The molecule has 0 aliphatic rings. The lowest BCUT2D eigenvalue weighted by Gasteiger charge is -2.17. The van der Waals surface area contributed by atoms with Gasteiger partial charge in [0.2, 0.25) is 10.0 Å². The molecule has 0 aliphatic heterocycles. The van der Waals surface area contributed by atoms with Gasteiger partial charge in [-0.2, -0.15) is 4.31 Å². The topological polar surface area (TPSA) is 54.3 Å². The molecule has 0 radical (unpaired) electrons. The van der Waals surface area contributed by atoms with Crippen LogP contribution in [-0.2, 0) is 23.6 Å². The maximum Gasteiger partial charge on any atom is 0.244 e. The van der Waals surface area contributed by atoms with Crippen LogP contribution < -0.4 is 5.32 Å². The number of nitrogens with zero attached hydrogens (tertiary/aromatic N) is 2. The van der Waals surface area contributed by atoms with Crippen LogP contribution in [0, 0.1) is 0 Å². The van der Waals surface area contributed by atoms with Gasteiger partial charge in [-0.25, -0.2) is 8.42 Å². The largest absolute Gasteiger partial charge is 0.352 e. The summed E-state index contributed by atoms with van der Waals surface area (Å²) in [6.07, 6.45) is 1.67. The molecule has 0 atom stereocenters. The summed E-state index contributed by atoms with van der Waals surface area (Å²) >= 11 is 0. The number of aromatic nitrogens is 1. The minimum absolute atomic E-state index is 0.369. The van der Waals surface area contributed by atoms with Gasteiger partial charge in [-0.1, -0.05) is 13.8 Å². The standard InChI is InChI=1S/C11H21N3O2S/c1-5-14(6-2)17(15,16)11-7-10(8-12-3)13(4)9-11/h7,9,12H,5-6,8H2,1-4H3. The van der Waals surface area contributed by atoms with Crippen LogP contribution >= 0.6 is 0 Å². The van der Waals surface area contributed by atoms with Gasteiger partial charge >= 0.3 is 0 Å². The van der Waals surface area contributed by atoms with Crippen molar-refractivity contribution >= 4 is 10.0 Å². The van der Waals surface area contributed by atoms with E-state index in [9.17, 15) is 8.42 Å². The molecule has 0 amide bonds. The van der Waals surface area contributed by atoms with Crippen molar-refractivity contribution in [1.82, 2.24) is 14.2 Å². The Balaban J connectivity index is 3.11. The summed E-state index contributed by atoms with van der Waals surface area (Å²) in [5, 5.41) is 3.02. The number of hydrogen-bond donors (Lipinski definition) is 1. The zero-order chi connectivity index (χ0) is 13.1. The van der Waals surface area contributed by atoms with Gasteiger partial charge in [-0.05, 0) is 13.1 Å². The number of aryl methyl sites for hydroxylation is 1. The van der Waals surface area contributed by atoms with E-state index in [0.29, 0.717) is 24.5 Å². The van der Waals surface area contributed by atoms with Gasteiger partial charge in [0.1, 0.15) is 4.90 Å². The molecule has 5 nitrogen and oxygen atoms in total. The normalized spacial score (nSPS) is 12.3. The van der Waals surface area contributed by atoms with Gasteiger partial charge < -0.3 is 9.88 Å². The Morgan fingerprint density at radius 1 is 1.35 bits per heavy atom. The maximum atomic E-state index is 12.3. The number of rotatable bonds is 6. The van der Waals surface area contributed by atoms with Crippen molar-refractivity contribution < 1.29 is 8.42 Å². The van der Waals surface area contributed by atoms with E-state index >= 15 is 0 Å². The minimum atomic E-state index is -3.34. The lowest BCUT2D eigenvalue weighted by molar-refractivity contribution is 0.445. The van der Waals surface area contributed by atoms with Crippen molar-refractivity contribution in [1.29, 1.82) is 0 Å². The molecule has 17 heavy (non-hydrogen) atoms. The third-order valence-corrected chi connectivity index (χ3v) is 4.80. The van der Waals surface area contributed by atoms with Crippen LogP contribution in [0.1, 0.15) is 19.5 Å². The van der Waals surface area contributed by atoms with E-state index in [-0.39, 0.29) is 0 Å². The minimum Gasteiger partial charge on any atom is -0.352 e. The molecule has 1 aromatic heterocycles. The highest BCUT2D eigenvalue weighted by molar-refractivity contribution is 7.89. The van der Waals surface area contributed by atoms with Crippen LogP contribution in [0.15, 0.2) is 17.2 Å². The lowest BCUT2D eigenvalue weighted by atomic mass is 10.4. The molecule has 1 rings (SSSR count). The van der Waals surface area contributed by atoms with Crippen molar-refractivity contribution in [3.05, 3.63) is 18.0 Å². The highest BCUT2D eigenvalue weighted by Gasteiger charge is 2.23. The molecule has 1 aromatic rings. The molecule has 0 spiro atoms. The second kappa shape index (κ2) is 5.66. The fourth-order valence-corrected chi connectivity index (χ4v) is 3.34. The Morgan fingerprint density at radius 2 is 1.94 bits per heavy atom. The van der Waals surface area contributed by atoms with Crippen molar-refractivity contribution in [3.63, 3.8) is 0 Å². The van der Waals surface area contributed by atoms with Crippen LogP contribution in [0.3, 0.4) is 0 Å². The van der Waals surface area contributed by atoms with Crippen LogP contribution in [0.4, 0.5) is 0 Å². The highest BCUT2D eigenvalue weighted by Crippen LogP contribution is 2.18. The van der Waals surface area contributed by atoms with Gasteiger partial charge in [-0.3, -0.25) is 0 Å². The quantitative estimate of drug-likeness (QED) is 0.821. The molecule has 1 N–H and O–H groups in total. The third kappa shape index (κ3) is 2.88. The molecule has 0 fully saturated rings. The Labute approximate surface area is 103 Å². The first-order valence-corrected chi connectivity index (χ1v) is 7.21. The second-order valence-corrected chi connectivity index (χ2v) is 5.84. The average Bonchev–Trinajstić information content (AvgIpc) is 2.63. The molecule has 0 bridgehead atoms. The molecule has 0 saturated carbocycles. The van der Waals surface area contributed by atoms with E-state index in [1.165, 1.54) is 4.31 Å². The molecular weight excluding hydrogens is 238 g/mol. The van der Waals surface area contributed by atoms with E-state index in [1.54, 1.807) is 12.3 Å². The maximum absolute atomic E-state index is 12.3. The first-order valence-electron chi connectivity index (χ1n) is 5.77. The van der Waals surface area contributed by atoms with Crippen molar-refractivity contribution in [2.24, 2.45) is 7.05 Å². The van der Waals surface area contributed by atoms with Crippen molar-refractivity contribution in [3.8, 4) is 0 Å². The fourth-order valence-electron chi connectivity index (χ4n) is 1.79. The predicted molar refractivity (Wildman–Crippen MR) is 68.3 cm³/mol. The number of sulfonamides is 1. The molecule has 0 unspecified atom stereocenters. The predicted octanol–water partition coefficient (Wildman–Crippen LogP) is 0.775. The van der Waals surface area contributed by atoms with Gasteiger partial charge in [0.15, 0.2) is 0 Å². The van der Waals surface area contributed by atoms with E-state index in [2.05, 4.69) is 5.32 Å². The number of hydrogen-bond acceptors (Lipinski definition) is 3. The third-order valence-electron chi connectivity index (χ3n) is 2.78. The summed E-state index contributed by atoms with van der Waals surface area (Å²) in [4.78, 5) is 0.369. The Bertz CT molecular complexity index is 461. The van der Waals surface area contributed by atoms with Gasteiger partial charge in [0.05, 0.1) is 0 Å². The van der Waals surface area contributed by atoms with Gasteiger partial charge in [0, 0.05) is 38.6 Å². The lowest BCUT2D eigenvalue weighted by Crippen LogP contribution is -2.30. The molecule has 0 aliphatic carbocycles. The highest BCUT2D eigenvalue weighted by atomic mass is 32.2. The van der Waals surface area contributed by atoms with E-state index in [4.69, 9.17) is 0 Å². The van der Waals surface area contributed by atoms with Crippen LogP contribution in [0.25, 0.3) is 0 Å². The Hall–Kier alpha value is -0.850. The zero-order valence-electron chi connectivity index (χ0n) is 10.9. The van der Waals surface area contributed by atoms with E-state index < -0.39 is 10.0 Å². The summed E-state index contributed by atoms with van der Waals surface area (Å²) in [6, 6.07) is 1.73. The van der Waals surface area contributed by atoms with Gasteiger partial charge in [-0.15, -0.1) is 0 Å². The van der Waals surface area contributed by atoms with E-state index in [1.807, 2.05) is 32.5 Å². The monoisotopic (exact) mass is 259 g/mol. The van der Waals surface area contributed by atoms with Crippen molar-refractivity contribution in [2.45, 2.75) is 25.3 Å². The summed E-state index contributed by atoms with van der Waals surface area (Å²) in [7, 11) is 0.357. The summed E-state index contributed by atoms with van der Waals surface area (Å²) in [5.41, 5.74) is 0.957. The molecule has 0 saturated heterocycles. The molecule has 0 aromatic carbocycles. The summed E-state index contributed by atoms with van der Waals surface area (Å²) in [6.45, 7) is 5.34. The molecule has 6 heteroatoms.